The highest BCUT2D eigenvalue weighted by Crippen LogP contribution is 2.33. The quantitative estimate of drug-likeness (QED) is 0.791. The van der Waals surface area contributed by atoms with Crippen molar-refractivity contribution >= 4 is 23.2 Å². The largest absolute Gasteiger partial charge is 0.487 e. The second kappa shape index (κ2) is 8.22. The summed E-state index contributed by atoms with van der Waals surface area (Å²) in [6, 6.07) is 5.32. The smallest absolute Gasteiger partial charge is 0.228 e. The molecule has 1 atom stereocenters. The molecule has 2 N–H and O–H groups in total. The summed E-state index contributed by atoms with van der Waals surface area (Å²) in [6.45, 7) is 2.54. The zero-order valence-corrected chi connectivity index (χ0v) is 12.9. The van der Waals surface area contributed by atoms with E-state index in [2.05, 4.69) is 10.6 Å². The van der Waals surface area contributed by atoms with E-state index in [0.29, 0.717) is 36.2 Å². The van der Waals surface area contributed by atoms with Crippen LogP contribution < -0.4 is 15.4 Å². The molecule has 5 nitrogen and oxygen atoms in total. The second-order valence-electron chi connectivity index (χ2n) is 4.99. The fourth-order valence-corrected chi connectivity index (χ4v) is 2.52. The highest BCUT2D eigenvalue weighted by Gasteiger charge is 2.22. The number of benzene rings is 1. The number of amides is 1. The van der Waals surface area contributed by atoms with E-state index < -0.39 is 0 Å². The standard InChI is InChI=1S/C15H21ClN2O3/c1-20-8-9-21-14-12(16)5-2-6-13(14)18-15(19)11-4-3-7-17-10-11/h2,5-6,11,17H,3-4,7-10H2,1H3,(H,18,19). The minimum absolute atomic E-state index is 0.000980. The summed E-state index contributed by atoms with van der Waals surface area (Å²) in [6.07, 6.45) is 1.92. The van der Waals surface area contributed by atoms with Gasteiger partial charge in [0.2, 0.25) is 5.91 Å². The van der Waals surface area contributed by atoms with E-state index in [0.717, 1.165) is 19.4 Å². The van der Waals surface area contributed by atoms with Crippen molar-refractivity contribution in [3.63, 3.8) is 0 Å². The Morgan fingerprint density at radius 2 is 2.33 bits per heavy atom. The van der Waals surface area contributed by atoms with Gasteiger partial charge in [-0.15, -0.1) is 0 Å². The predicted octanol–water partition coefficient (Wildman–Crippen LogP) is 2.30. The van der Waals surface area contributed by atoms with E-state index in [-0.39, 0.29) is 11.8 Å². The number of hydrogen-bond acceptors (Lipinski definition) is 4. The molecule has 1 aliphatic heterocycles. The average Bonchev–Trinajstić information content (AvgIpc) is 2.51. The lowest BCUT2D eigenvalue weighted by atomic mass is 9.99. The van der Waals surface area contributed by atoms with Crippen LogP contribution in [0.2, 0.25) is 5.02 Å². The van der Waals surface area contributed by atoms with Gasteiger partial charge in [-0.1, -0.05) is 17.7 Å². The Balaban J connectivity index is 2.04. The van der Waals surface area contributed by atoms with Crippen molar-refractivity contribution in [1.29, 1.82) is 0 Å². The van der Waals surface area contributed by atoms with E-state index in [9.17, 15) is 4.79 Å². The van der Waals surface area contributed by atoms with Crippen LogP contribution in [0.5, 0.6) is 5.75 Å². The van der Waals surface area contributed by atoms with Crippen LogP contribution >= 0.6 is 11.6 Å². The number of hydrogen-bond donors (Lipinski definition) is 2. The number of carbonyl (C=O) groups excluding carboxylic acids is 1. The van der Waals surface area contributed by atoms with Crippen LogP contribution in [0, 0.1) is 5.92 Å². The average molecular weight is 313 g/mol. The van der Waals surface area contributed by atoms with Gasteiger partial charge in [0.25, 0.3) is 0 Å². The first kappa shape index (κ1) is 16.1. The van der Waals surface area contributed by atoms with Gasteiger partial charge in [-0.05, 0) is 31.5 Å². The molecule has 6 heteroatoms. The van der Waals surface area contributed by atoms with E-state index >= 15 is 0 Å². The van der Waals surface area contributed by atoms with Crippen molar-refractivity contribution in [3.8, 4) is 5.75 Å². The highest BCUT2D eigenvalue weighted by molar-refractivity contribution is 6.32. The molecule has 2 rings (SSSR count). The van der Waals surface area contributed by atoms with Crippen LogP contribution in [0.4, 0.5) is 5.69 Å². The summed E-state index contributed by atoms with van der Waals surface area (Å²) in [5.74, 6) is 0.485. The number of rotatable bonds is 6. The van der Waals surface area contributed by atoms with Gasteiger partial charge in [0.05, 0.1) is 23.2 Å². The van der Waals surface area contributed by atoms with Crippen LogP contribution in [0.3, 0.4) is 0 Å². The van der Waals surface area contributed by atoms with Crippen molar-refractivity contribution in [3.05, 3.63) is 23.2 Å². The first-order valence-corrected chi connectivity index (χ1v) is 7.52. The zero-order valence-electron chi connectivity index (χ0n) is 12.2. The number of ether oxygens (including phenoxy) is 2. The van der Waals surface area contributed by atoms with Crippen molar-refractivity contribution in [2.24, 2.45) is 5.92 Å². The fraction of sp³-hybridized carbons (Fsp3) is 0.533. The third kappa shape index (κ3) is 4.59. The number of nitrogens with one attached hydrogen (secondary N) is 2. The Morgan fingerprint density at radius 3 is 3.05 bits per heavy atom. The van der Waals surface area contributed by atoms with Crippen LogP contribution in [-0.4, -0.2) is 39.3 Å². The van der Waals surface area contributed by atoms with Crippen LogP contribution in [0.1, 0.15) is 12.8 Å². The molecule has 1 saturated heterocycles. The molecule has 1 fully saturated rings. The van der Waals surface area contributed by atoms with Crippen molar-refractivity contribution in [1.82, 2.24) is 5.32 Å². The van der Waals surface area contributed by atoms with E-state index in [4.69, 9.17) is 21.1 Å². The van der Waals surface area contributed by atoms with Gasteiger partial charge in [0.15, 0.2) is 5.75 Å². The fourth-order valence-electron chi connectivity index (χ4n) is 2.29. The van der Waals surface area contributed by atoms with E-state index in [1.54, 1.807) is 25.3 Å². The maximum absolute atomic E-state index is 12.3. The Hall–Kier alpha value is -1.30. The molecule has 0 aromatic heterocycles. The van der Waals surface area contributed by atoms with Gasteiger partial charge in [0, 0.05) is 13.7 Å². The Labute approximate surface area is 130 Å². The molecule has 1 aliphatic rings. The topological polar surface area (TPSA) is 59.6 Å². The molecule has 0 saturated carbocycles. The van der Waals surface area contributed by atoms with Gasteiger partial charge < -0.3 is 20.1 Å². The molecular weight excluding hydrogens is 292 g/mol. The molecule has 1 unspecified atom stereocenters. The molecule has 1 amide bonds. The minimum Gasteiger partial charge on any atom is -0.487 e. The molecule has 1 heterocycles. The molecule has 1 aromatic carbocycles. The summed E-state index contributed by atoms with van der Waals surface area (Å²) in [4.78, 5) is 12.3. The van der Waals surface area contributed by atoms with Crippen LogP contribution in [0.15, 0.2) is 18.2 Å². The van der Waals surface area contributed by atoms with Gasteiger partial charge in [-0.2, -0.15) is 0 Å². The number of methoxy groups -OCH3 is 1. The van der Waals surface area contributed by atoms with Crippen LogP contribution in [-0.2, 0) is 9.53 Å². The third-order valence-corrected chi connectivity index (χ3v) is 3.72. The molecule has 0 bridgehead atoms. The van der Waals surface area contributed by atoms with E-state index in [1.165, 1.54) is 0 Å². The van der Waals surface area contributed by atoms with Gasteiger partial charge >= 0.3 is 0 Å². The third-order valence-electron chi connectivity index (χ3n) is 3.43. The maximum Gasteiger partial charge on any atom is 0.228 e. The summed E-state index contributed by atoms with van der Waals surface area (Å²) < 4.78 is 10.6. The number of piperidine rings is 1. The Kier molecular flexibility index (Phi) is 6.29. The SMILES string of the molecule is COCCOc1c(Cl)cccc1NC(=O)C1CCCNC1. The Bertz CT molecular complexity index is 476. The minimum atomic E-state index is -0.00967. The van der Waals surface area contributed by atoms with Gasteiger partial charge in [-0.3, -0.25) is 4.79 Å². The summed E-state index contributed by atoms with van der Waals surface area (Å²) in [7, 11) is 1.61. The molecule has 0 aliphatic carbocycles. The van der Waals surface area contributed by atoms with Crippen molar-refractivity contribution in [2.45, 2.75) is 12.8 Å². The van der Waals surface area contributed by atoms with E-state index in [1.807, 2.05) is 0 Å². The molecule has 1 aromatic rings. The number of anilines is 1. The van der Waals surface area contributed by atoms with Crippen LogP contribution in [0.25, 0.3) is 0 Å². The number of halogens is 1. The molecular formula is C15H21ClN2O3. The summed E-state index contributed by atoms with van der Waals surface area (Å²) in [5.41, 5.74) is 0.606. The van der Waals surface area contributed by atoms with Crippen molar-refractivity contribution in [2.75, 3.05) is 38.7 Å². The van der Waals surface area contributed by atoms with Gasteiger partial charge in [0.1, 0.15) is 6.61 Å². The van der Waals surface area contributed by atoms with Crippen molar-refractivity contribution < 1.29 is 14.3 Å². The molecule has 116 valence electrons. The molecule has 21 heavy (non-hydrogen) atoms. The lowest BCUT2D eigenvalue weighted by Crippen LogP contribution is -2.37. The molecule has 0 spiro atoms. The maximum atomic E-state index is 12.3. The highest BCUT2D eigenvalue weighted by atomic mass is 35.5. The number of carbonyl (C=O) groups is 1. The Morgan fingerprint density at radius 1 is 1.48 bits per heavy atom. The predicted molar refractivity (Wildman–Crippen MR) is 83.0 cm³/mol. The second-order valence-corrected chi connectivity index (χ2v) is 5.40. The van der Waals surface area contributed by atoms with Gasteiger partial charge in [-0.25, -0.2) is 0 Å². The first-order valence-electron chi connectivity index (χ1n) is 7.14. The lowest BCUT2D eigenvalue weighted by molar-refractivity contribution is -0.120. The number of para-hydroxylation sites is 1. The monoisotopic (exact) mass is 312 g/mol. The lowest BCUT2D eigenvalue weighted by Gasteiger charge is -2.22. The normalized spacial score (nSPS) is 18.3. The zero-order chi connectivity index (χ0) is 15.1. The first-order chi connectivity index (χ1) is 10.2. The molecule has 0 radical (unpaired) electrons. The summed E-state index contributed by atoms with van der Waals surface area (Å²) in [5, 5.41) is 6.63. The summed E-state index contributed by atoms with van der Waals surface area (Å²) >= 11 is 6.15.